The first-order valence-corrected chi connectivity index (χ1v) is 11.9. The molecule has 7 heteroatoms. The SMILES string of the molecule is COc1cc(CNc2cccc(NC(=O)CC(C)C)c2)c(Br)cc1OCc1ccccc1Cl. The number of amides is 1. The molecule has 0 saturated heterocycles. The van der Waals surface area contributed by atoms with E-state index in [-0.39, 0.29) is 5.91 Å². The predicted octanol–water partition coefficient (Wildman–Crippen LogP) is 7.29. The molecule has 0 bridgehead atoms. The quantitative estimate of drug-likeness (QED) is 0.288. The summed E-state index contributed by atoms with van der Waals surface area (Å²) in [5.74, 6) is 1.59. The van der Waals surface area contributed by atoms with Gasteiger partial charge in [-0.25, -0.2) is 0 Å². The van der Waals surface area contributed by atoms with Crippen LogP contribution < -0.4 is 20.1 Å². The number of carbonyl (C=O) groups excluding carboxylic acids is 1. The van der Waals surface area contributed by atoms with Crippen molar-refractivity contribution in [2.24, 2.45) is 5.92 Å². The van der Waals surface area contributed by atoms with E-state index in [4.69, 9.17) is 21.1 Å². The Morgan fingerprint density at radius 2 is 1.76 bits per heavy atom. The van der Waals surface area contributed by atoms with E-state index in [0.717, 1.165) is 27.0 Å². The van der Waals surface area contributed by atoms with E-state index in [1.165, 1.54) is 0 Å². The molecule has 174 valence electrons. The summed E-state index contributed by atoms with van der Waals surface area (Å²) >= 11 is 9.87. The van der Waals surface area contributed by atoms with E-state index in [0.29, 0.717) is 42.0 Å². The lowest BCUT2D eigenvalue weighted by molar-refractivity contribution is -0.116. The number of hydrogen-bond donors (Lipinski definition) is 2. The number of hydrogen-bond acceptors (Lipinski definition) is 4. The minimum Gasteiger partial charge on any atom is -0.493 e. The zero-order chi connectivity index (χ0) is 23.8. The summed E-state index contributed by atoms with van der Waals surface area (Å²) in [6.07, 6.45) is 0.495. The fraction of sp³-hybridized carbons (Fsp3) is 0.269. The monoisotopic (exact) mass is 530 g/mol. The van der Waals surface area contributed by atoms with Crippen LogP contribution >= 0.6 is 27.5 Å². The van der Waals surface area contributed by atoms with Crippen molar-refractivity contribution in [2.75, 3.05) is 17.7 Å². The molecule has 0 unspecified atom stereocenters. The standard InChI is InChI=1S/C26H28BrClN2O3/c1-17(2)11-26(31)30-21-9-6-8-20(13-21)29-15-19-12-24(32-3)25(14-22(19)27)33-16-18-7-4-5-10-23(18)28/h4-10,12-14,17,29H,11,15-16H2,1-3H3,(H,30,31). The van der Waals surface area contributed by atoms with E-state index in [2.05, 4.69) is 26.6 Å². The number of nitrogens with one attached hydrogen (secondary N) is 2. The lowest BCUT2D eigenvalue weighted by Gasteiger charge is -2.15. The summed E-state index contributed by atoms with van der Waals surface area (Å²) in [4.78, 5) is 12.1. The van der Waals surface area contributed by atoms with Gasteiger partial charge in [-0.05, 0) is 47.9 Å². The number of halogens is 2. The first kappa shape index (κ1) is 24.9. The average Bonchev–Trinajstić information content (AvgIpc) is 2.77. The number of benzene rings is 3. The molecule has 5 nitrogen and oxygen atoms in total. The summed E-state index contributed by atoms with van der Waals surface area (Å²) in [5, 5.41) is 7.01. The first-order chi connectivity index (χ1) is 15.9. The van der Waals surface area contributed by atoms with Gasteiger partial charge >= 0.3 is 0 Å². The molecular weight excluding hydrogens is 504 g/mol. The second kappa shape index (κ2) is 12.0. The minimum absolute atomic E-state index is 0.0157. The normalized spacial score (nSPS) is 10.7. The molecule has 2 N–H and O–H groups in total. The van der Waals surface area contributed by atoms with E-state index >= 15 is 0 Å². The van der Waals surface area contributed by atoms with Gasteiger partial charge in [-0.2, -0.15) is 0 Å². The van der Waals surface area contributed by atoms with Gasteiger partial charge in [0.15, 0.2) is 11.5 Å². The molecule has 0 aromatic heterocycles. The van der Waals surface area contributed by atoms with Gasteiger partial charge in [-0.3, -0.25) is 4.79 Å². The first-order valence-electron chi connectivity index (χ1n) is 10.7. The van der Waals surface area contributed by atoms with Crippen LogP contribution in [0, 0.1) is 5.92 Å². The van der Waals surface area contributed by atoms with Crippen molar-refractivity contribution in [3.63, 3.8) is 0 Å². The van der Waals surface area contributed by atoms with Crippen LogP contribution in [0.5, 0.6) is 11.5 Å². The summed E-state index contributed by atoms with van der Waals surface area (Å²) in [6, 6.07) is 19.1. The van der Waals surface area contributed by atoms with Crippen molar-refractivity contribution < 1.29 is 14.3 Å². The fourth-order valence-corrected chi connectivity index (χ4v) is 3.90. The number of rotatable bonds is 10. The van der Waals surface area contributed by atoms with Gasteiger partial charge in [-0.1, -0.05) is 65.6 Å². The number of anilines is 2. The van der Waals surface area contributed by atoms with Crippen LogP contribution in [0.4, 0.5) is 11.4 Å². The smallest absolute Gasteiger partial charge is 0.224 e. The van der Waals surface area contributed by atoms with E-state index < -0.39 is 0 Å². The maximum Gasteiger partial charge on any atom is 0.224 e. The molecule has 1 amide bonds. The third-order valence-electron chi connectivity index (χ3n) is 4.90. The lowest BCUT2D eigenvalue weighted by atomic mass is 10.1. The Hall–Kier alpha value is -2.70. The minimum atomic E-state index is 0.0157. The molecule has 0 atom stereocenters. The summed E-state index contributed by atoms with van der Waals surface area (Å²) < 4.78 is 12.4. The highest BCUT2D eigenvalue weighted by Crippen LogP contribution is 2.35. The Bertz CT molecular complexity index is 1100. The Labute approximate surface area is 208 Å². The Morgan fingerprint density at radius 1 is 1.00 bits per heavy atom. The Morgan fingerprint density at radius 3 is 2.48 bits per heavy atom. The molecule has 0 aliphatic heterocycles. The predicted molar refractivity (Wildman–Crippen MR) is 138 cm³/mol. The van der Waals surface area contributed by atoms with Crippen LogP contribution in [0.2, 0.25) is 5.02 Å². The van der Waals surface area contributed by atoms with Crippen molar-refractivity contribution in [3.05, 3.63) is 81.3 Å². The summed E-state index contributed by atoms with van der Waals surface area (Å²) in [6.45, 7) is 4.95. The lowest BCUT2D eigenvalue weighted by Crippen LogP contribution is -2.13. The molecular formula is C26H28BrClN2O3. The van der Waals surface area contributed by atoms with Crippen molar-refractivity contribution >= 4 is 44.8 Å². The Kier molecular flexibility index (Phi) is 9.03. The van der Waals surface area contributed by atoms with Crippen molar-refractivity contribution in [1.82, 2.24) is 0 Å². The molecule has 0 radical (unpaired) electrons. The molecule has 0 spiro atoms. The fourth-order valence-electron chi connectivity index (χ4n) is 3.24. The molecule has 3 aromatic carbocycles. The zero-order valence-electron chi connectivity index (χ0n) is 19.0. The summed E-state index contributed by atoms with van der Waals surface area (Å²) in [7, 11) is 1.62. The van der Waals surface area contributed by atoms with Crippen molar-refractivity contribution in [3.8, 4) is 11.5 Å². The molecule has 0 heterocycles. The molecule has 0 aliphatic carbocycles. The van der Waals surface area contributed by atoms with Gasteiger partial charge in [0.25, 0.3) is 0 Å². The van der Waals surface area contributed by atoms with Gasteiger partial charge in [-0.15, -0.1) is 0 Å². The highest BCUT2D eigenvalue weighted by atomic mass is 79.9. The molecule has 33 heavy (non-hydrogen) atoms. The van der Waals surface area contributed by atoms with E-state index in [1.54, 1.807) is 7.11 Å². The van der Waals surface area contributed by atoms with Crippen LogP contribution in [0.3, 0.4) is 0 Å². The van der Waals surface area contributed by atoms with Crippen LogP contribution in [0.1, 0.15) is 31.4 Å². The topological polar surface area (TPSA) is 59.6 Å². The van der Waals surface area contributed by atoms with E-state index in [1.807, 2.05) is 74.5 Å². The molecule has 3 aromatic rings. The Balaban J connectivity index is 1.66. The van der Waals surface area contributed by atoms with Crippen LogP contribution in [0.25, 0.3) is 0 Å². The van der Waals surface area contributed by atoms with Crippen molar-refractivity contribution in [2.45, 2.75) is 33.4 Å². The number of methoxy groups -OCH3 is 1. The maximum atomic E-state index is 12.1. The number of ether oxygens (including phenoxy) is 2. The van der Waals surface area contributed by atoms with Gasteiger partial charge in [0.05, 0.1) is 7.11 Å². The zero-order valence-corrected chi connectivity index (χ0v) is 21.3. The molecule has 0 aliphatic rings. The van der Waals surface area contributed by atoms with Crippen LogP contribution in [0.15, 0.2) is 65.1 Å². The maximum absolute atomic E-state index is 12.1. The number of carbonyl (C=O) groups is 1. The second-order valence-electron chi connectivity index (χ2n) is 8.06. The van der Waals surface area contributed by atoms with Gasteiger partial charge in [0, 0.05) is 39.4 Å². The molecule has 3 rings (SSSR count). The third-order valence-corrected chi connectivity index (χ3v) is 6.00. The largest absolute Gasteiger partial charge is 0.493 e. The third kappa shape index (κ3) is 7.41. The summed E-state index contributed by atoms with van der Waals surface area (Å²) in [5.41, 5.74) is 3.59. The van der Waals surface area contributed by atoms with Gasteiger partial charge in [0.2, 0.25) is 5.91 Å². The van der Waals surface area contributed by atoms with Crippen LogP contribution in [-0.2, 0) is 17.9 Å². The van der Waals surface area contributed by atoms with Crippen molar-refractivity contribution in [1.29, 1.82) is 0 Å². The van der Waals surface area contributed by atoms with E-state index in [9.17, 15) is 4.79 Å². The van der Waals surface area contributed by atoms with Gasteiger partial charge in [0.1, 0.15) is 6.61 Å². The highest BCUT2D eigenvalue weighted by Gasteiger charge is 2.12. The van der Waals surface area contributed by atoms with Crippen LogP contribution in [-0.4, -0.2) is 13.0 Å². The molecule has 0 fully saturated rings. The van der Waals surface area contributed by atoms with Gasteiger partial charge < -0.3 is 20.1 Å². The molecule has 0 saturated carbocycles. The second-order valence-corrected chi connectivity index (χ2v) is 9.32. The average molecular weight is 532 g/mol. The highest BCUT2D eigenvalue weighted by molar-refractivity contribution is 9.10.